The van der Waals surface area contributed by atoms with E-state index in [1.165, 1.54) is 16.2 Å². The third-order valence-electron chi connectivity index (χ3n) is 4.34. The van der Waals surface area contributed by atoms with Gasteiger partial charge in [0.15, 0.2) is 0 Å². The van der Waals surface area contributed by atoms with Gasteiger partial charge in [0.05, 0.1) is 11.4 Å². The molecule has 0 aliphatic carbocycles. The molecule has 0 bridgehead atoms. The lowest BCUT2D eigenvalue weighted by molar-refractivity contribution is -0.133. The van der Waals surface area contributed by atoms with Gasteiger partial charge in [-0.05, 0) is 30.2 Å². The molecule has 0 aromatic carbocycles. The van der Waals surface area contributed by atoms with Gasteiger partial charge in [-0.15, -0.1) is 11.3 Å². The Labute approximate surface area is 144 Å². The van der Waals surface area contributed by atoms with Crippen molar-refractivity contribution >= 4 is 29.2 Å². The predicted molar refractivity (Wildman–Crippen MR) is 88.9 cm³/mol. The molecule has 1 atom stereocenters. The van der Waals surface area contributed by atoms with Gasteiger partial charge in [-0.2, -0.15) is 0 Å². The Morgan fingerprint density at radius 1 is 1.38 bits per heavy atom. The summed E-state index contributed by atoms with van der Waals surface area (Å²) in [5.41, 5.74) is 0. The molecule has 2 saturated heterocycles. The summed E-state index contributed by atoms with van der Waals surface area (Å²) in [6, 6.07) is 3.65. The molecule has 0 unspecified atom stereocenters. The molecule has 1 N–H and O–H groups in total. The Balaban J connectivity index is 1.46. The summed E-state index contributed by atoms with van der Waals surface area (Å²) < 4.78 is 4.84. The highest BCUT2D eigenvalue weighted by Crippen LogP contribution is 2.17. The van der Waals surface area contributed by atoms with Crippen molar-refractivity contribution in [2.45, 2.75) is 12.8 Å². The molecule has 0 saturated carbocycles. The number of nitrogens with zero attached hydrogens (tertiary/aromatic N) is 2. The van der Waals surface area contributed by atoms with Gasteiger partial charge < -0.3 is 15.0 Å². The summed E-state index contributed by atoms with van der Waals surface area (Å²) in [5, 5.41) is 4.82. The third-order valence-corrected chi connectivity index (χ3v) is 5.21. The van der Waals surface area contributed by atoms with E-state index < -0.39 is 6.09 Å². The molecular weight excluding hydrogens is 330 g/mol. The number of carbonyl (C=O) groups is 3. The maximum absolute atomic E-state index is 12.4. The number of amides is 3. The van der Waals surface area contributed by atoms with E-state index >= 15 is 0 Å². The minimum absolute atomic E-state index is 0.0527. The zero-order chi connectivity index (χ0) is 16.9. The van der Waals surface area contributed by atoms with E-state index in [0.717, 1.165) is 12.8 Å². The van der Waals surface area contributed by atoms with Gasteiger partial charge in [0.25, 0.3) is 5.91 Å². The fourth-order valence-electron chi connectivity index (χ4n) is 3.02. The van der Waals surface area contributed by atoms with Gasteiger partial charge in [-0.3, -0.25) is 14.5 Å². The average Bonchev–Trinajstić information content (AvgIpc) is 3.25. The standard InChI is InChI=1S/C16H21N3O4S/c20-14(11-19-6-7-23-16(19)22)18-5-1-3-12(10-18)9-17-15(21)13-4-2-8-24-13/h2,4,8,12H,1,3,5-7,9-11H2,(H,17,21)/t12-/m0/s1. The number of likely N-dealkylation sites (tertiary alicyclic amines) is 1. The Morgan fingerprint density at radius 2 is 2.25 bits per heavy atom. The number of nitrogens with one attached hydrogen (secondary N) is 1. The van der Waals surface area contributed by atoms with Crippen LogP contribution in [0.25, 0.3) is 0 Å². The Hall–Kier alpha value is -2.09. The van der Waals surface area contributed by atoms with Gasteiger partial charge in [-0.1, -0.05) is 6.07 Å². The van der Waals surface area contributed by atoms with Crippen LogP contribution in [0.2, 0.25) is 0 Å². The second-order valence-corrected chi connectivity index (χ2v) is 7.02. The van der Waals surface area contributed by atoms with Crippen molar-refractivity contribution < 1.29 is 19.1 Å². The van der Waals surface area contributed by atoms with Crippen molar-refractivity contribution in [2.75, 3.05) is 39.3 Å². The number of hydrogen-bond acceptors (Lipinski definition) is 5. The second-order valence-electron chi connectivity index (χ2n) is 6.07. The number of piperidine rings is 1. The summed E-state index contributed by atoms with van der Waals surface area (Å²) in [6.07, 6.45) is 1.48. The number of carbonyl (C=O) groups excluding carboxylic acids is 3. The summed E-state index contributed by atoms with van der Waals surface area (Å²) in [4.78, 5) is 39.7. The van der Waals surface area contributed by atoms with Crippen molar-refractivity contribution in [2.24, 2.45) is 5.92 Å². The molecule has 0 radical (unpaired) electrons. The van der Waals surface area contributed by atoms with Crippen LogP contribution in [0, 0.1) is 5.92 Å². The van der Waals surface area contributed by atoms with Gasteiger partial charge in [-0.25, -0.2) is 4.79 Å². The van der Waals surface area contributed by atoms with Crippen molar-refractivity contribution in [1.29, 1.82) is 0 Å². The highest BCUT2D eigenvalue weighted by Gasteiger charge is 2.29. The number of cyclic esters (lactones) is 1. The van der Waals surface area contributed by atoms with Crippen LogP contribution < -0.4 is 5.32 Å². The lowest BCUT2D eigenvalue weighted by atomic mass is 9.98. The lowest BCUT2D eigenvalue weighted by Crippen LogP contribution is -2.47. The van der Waals surface area contributed by atoms with Crippen LogP contribution in [0.3, 0.4) is 0 Å². The molecule has 7 nitrogen and oxygen atoms in total. The SMILES string of the molecule is O=C(NC[C@@H]1CCCN(C(=O)CN2CCOC2=O)C1)c1cccs1. The number of hydrogen-bond donors (Lipinski definition) is 1. The summed E-state index contributed by atoms with van der Waals surface area (Å²) in [6.45, 7) is 2.78. The summed E-state index contributed by atoms with van der Waals surface area (Å²) in [7, 11) is 0. The van der Waals surface area contributed by atoms with E-state index in [1.807, 2.05) is 11.4 Å². The van der Waals surface area contributed by atoms with Crippen LogP contribution in [0.4, 0.5) is 4.79 Å². The molecule has 2 aliphatic heterocycles. The Morgan fingerprint density at radius 3 is 2.96 bits per heavy atom. The predicted octanol–water partition coefficient (Wildman–Crippen LogP) is 1.17. The van der Waals surface area contributed by atoms with Crippen LogP contribution in [0.5, 0.6) is 0 Å². The van der Waals surface area contributed by atoms with E-state index in [-0.39, 0.29) is 24.3 Å². The molecular formula is C16H21N3O4S. The van der Waals surface area contributed by atoms with Gasteiger partial charge in [0.1, 0.15) is 13.2 Å². The first kappa shape index (κ1) is 16.8. The molecule has 3 heterocycles. The van der Waals surface area contributed by atoms with E-state index in [1.54, 1.807) is 11.0 Å². The minimum Gasteiger partial charge on any atom is -0.448 e. The summed E-state index contributed by atoms with van der Waals surface area (Å²) in [5.74, 6) is 0.133. The highest BCUT2D eigenvalue weighted by atomic mass is 32.1. The van der Waals surface area contributed by atoms with Gasteiger partial charge in [0, 0.05) is 19.6 Å². The molecule has 0 spiro atoms. The molecule has 3 amide bonds. The van der Waals surface area contributed by atoms with Crippen molar-refractivity contribution in [3.05, 3.63) is 22.4 Å². The molecule has 24 heavy (non-hydrogen) atoms. The zero-order valence-electron chi connectivity index (χ0n) is 13.4. The van der Waals surface area contributed by atoms with Gasteiger partial charge >= 0.3 is 6.09 Å². The van der Waals surface area contributed by atoms with Gasteiger partial charge in [0.2, 0.25) is 5.91 Å². The van der Waals surface area contributed by atoms with Crippen molar-refractivity contribution in [3.8, 4) is 0 Å². The van der Waals surface area contributed by atoms with E-state index in [0.29, 0.717) is 37.7 Å². The van der Waals surface area contributed by atoms with Crippen molar-refractivity contribution in [1.82, 2.24) is 15.1 Å². The molecule has 2 fully saturated rings. The Kier molecular flexibility index (Phi) is 5.34. The number of thiophene rings is 1. The average molecular weight is 351 g/mol. The lowest BCUT2D eigenvalue weighted by Gasteiger charge is -2.33. The van der Waals surface area contributed by atoms with E-state index in [2.05, 4.69) is 5.32 Å². The molecule has 1 aromatic rings. The van der Waals surface area contributed by atoms with Crippen LogP contribution in [-0.4, -0.2) is 67.0 Å². The van der Waals surface area contributed by atoms with E-state index in [9.17, 15) is 14.4 Å². The molecule has 130 valence electrons. The fourth-order valence-corrected chi connectivity index (χ4v) is 3.66. The normalized spacial score (nSPS) is 20.8. The second kappa shape index (κ2) is 7.65. The maximum atomic E-state index is 12.4. The summed E-state index contributed by atoms with van der Waals surface area (Å²) >= 11 is 1.42. The van der Waals surface area contributed by atoms with Crippen molar-refractivity contribution in [3.63, 3.8) is 0 Å². The largest absolute Gasteiger partial charge is 0.448 e. The number of ether oxygens (including phenoxy) is 1. The smallest absolute Gasteiger partial charge is 0.410 e. The first-order chi connectivity index (χ1) is 11.6. The van der Waals surface area contributed by atoms with Crippen LogP contribution in [-0.2, 0) is 9.53 Å². The van der Waals surface area contributed by atoms with Crippen LogP contribution >= 0.6 is 11.3 Å². The zero-order valence-corrected chi connectivity index (χ0v) is 14.2. The highest BCUT2D eigenvalue weighted by molar-refractivity contribution is 7.12. The molecule has 8 heteroatoms. The fraction of sp³-hybridized carbons (Fsp3) is 0.562. The minimum atomic E-state index is -0.417. The monoisotopic (exact) mass is 351 g/mol. The quantitative estimate of drug-likeness (QED) is 0.864. The van der Waals surface area contributed by atoms with E-state index in [4.69, 9.17) is 4.74 Å². The van der Waals surface area contributed by atoms with Crippen LogP contribution in [0.15, 0.2) is 17.5 Å². The topological polar surface area (TPSA) is 79.0 Å². The molecule has 3 rings (SSSR count). The first-order valence-electron chi connectivity index (χ1n) is 8.14. The molecule has 1 aromatic heterocycles. The number of rotatable bonds is 5. The molecule has 2 aliphatic rings. The third kappa shape index (κ3) is 4.05. The first-order valence-corrected chi connectivity index (χ1v) is 9.02. The Bertz CT molecular complexity index is 604. The maximum Gasteiger partial charge on any atom is 0.410 e. The van der Waals surface area contributed by atoms with Crippen LogP contribution in [0.1, 0.15) is 22.5 Å².